The number of carbonyl (C=O) groups is 1. The average Bonchev–Trinajstić information content (AvgIpc) is 2.13. The lowest BCUT2D eigenvalue weighted by atomic mass is 10.3. The van der Waals surface area contributed by atoms with Gasteiger partial charge in [0.2, 0.25) is 0 Å². The Kier molecular flexibility index (Phi) is 5.38. The molecule has 0 amide bonds. The molecule has 0 bridgehead atoms. The summed E-state index contributed by atoms with van der Waals surface area (Å²) < 4.78 is 4.60. The van der Waals surface area contributed by atoms with E-state index in [1.807, 2.05) is 0 Å². The molecule has 5 heteroatoms. The first kappa shape index (κ1) is 11.5. The largest absolute Gasteiger partial charge is 0.461 e. The first-order chi connectivity index (χ1) is 6.11. The van der Waals surface area contributed by atoms with Crippen molar-refractivity contribution in [3.63, 3.8) is 0 Å². The molecule has 0 aromatic carbocycles. The minimum absolute atomic E-state index is 0.0433. The molecule has 0 aromatic heterocycles. The molecule has 13 heavy (non-hydrogen) atoms. The zero-order valence-corrected chi connectivity index (χ0v) is 7.49. The summed E-state index contributed by atoms with van der Waals surface area (Å²) in [5.74, 6) is -0.593. The summed E-state index contributed by atoms with van der Waals surface area (Å²) in [7, 11) is 0. The Balaban J connectivity index is 4.24. The van der Waals surface area contributed by atoms with E-state index in [0.29, 0.717) is 0 Å². The zero-order valence-electron chi connectivity index (χ0n) is 7.49. The van der Waals surface area contributed by atoms with Crippen LogP contribution in [0.3, 0.4) is 0 Å². The summed E-state index contributed by atoms with van der Waals surface area (Å²) in [6.07, 6.45) is 2.65. The van der Waals surface area contributed by atoms with E-state index >= 15 is 0 Å². The number of hydrogen-bond acceptors (Lipinski definition) is 5. The molecule has 0 saturated heterocycles. The third-order valence-electron chi connectivity index (χ3n) is 1.17. The van der Waals surface area contributed by atoms with Crippen LogP contribution in [0.5, 0.6) is 0 Å². The maximum Gasteiger partial charge on any atom is 0.354 e. The number of esters is 1. The SMILES string of the molecule is CCOC(=O)/C(N)=C/C=C(\N)CO. The molecule has 0 atom stereocenters. The van der Waals surface area contributed by atoms with Crippen molar-refractivity contribution in [2.45, 2.75) is 6.92 Å². The highest BCUT2D eigenvalue weighted by Crippen LogP contribution is 1.92. The van der Waals surface area contributed by atoms with Gasteiger partial charge in [0.25, 0.3) is 0 Å². The number of aliphatic hydroxyl groups is 1. The van der Waals surface area contributed by atoms with Gasteiger partial charge in [-0.1, -0.05) is 0 Å². The molecule has 0 fully saturated rings. The minimum Gasteiger partial charge on any atom is -0.461 e. The molecule has 5 nitrogen and oxygen atoms in total. The summed E-state index contributed by atoms with van der Waals surface area (Å²) in [5.41, 5.74) is 10.8. The lowest BCUT2D eigenvalue weighted by Crippen LogP contribution is -2.14. The third-order valence-corrected chi connectivity index (χ3v) is 1.17. The van der Waals surface area contributed by atoms with Gasteiger partial charge in [-0.25, -0.2) is 4.79 Å². The molecule has 0 aliphatic carbocycles. The van der Waals surface area contributed by atoms with Gasteiger partial charge >= 0.3 is 5.97 Å². The minimum atomic E-state index is -0.593. The third kappa shape index (κ3) is 4.86. The second-order valence-electron chi connectivity index (χ2n) is 2.24. The van der Waals surface area contributed by atoms with E-state index in [2.05, 4.69) is 4.74 Å². The average molecular weight is 186 g/mol. The molecular formula is C8H14N2O3. The quantitative estimate of drug-likeness (QED) is 0.304. The van der Waals surface area contributed by atoms with E-state index in [1.165, 1.54) is 12.2 Å². The second-order valence-corrected chi connectivity index (χ2v) is 2.24. The standard InChI is InChI=1S/C8H14N2O3/c1-2-13-8(12)7(10)4-3-6(9)5-11/h3-4,11H,2,5,9-10H2,1H3/b6-3-,7-4-. The van der Waals surface area contributed by atoms with Gasteiger partial charge in [-0.3, -0.25) is 0 Å². The van der Waals surface area contributed by atoms with Crippen molar-refractivity contribution in [1.29, 1.82) is 0 Å². The van der Waals surface area contributed by atoms with Crippen LogP contribution in [-0.2, 0) is 9.53 Å². The molecule has 0 aliphatic heterocycles. The second kappa shape index (κ2) is 6.07. The highest BCUT2D eigenvalue weighted by molar-refractivity contribution is 5.87. The Bertz CT molecular complexity index is 234. The van der Waals surface area contributed by atoms with Gasteiger partial charge in [0.05, 0.1) is 13.2 Å². The van der Waals surface area contributed by atoms with Crippen LogP contribution in [0.4, 0.5) is 0 Å². The van der Waals surface area contributed by atoms with Gasteiger partial charge in [-0.05, 0) is 19.1 Å². The molecule has 5 N–H and O–H groups in total. The van der Waals surface area contributed by atoms with E-state index in [4.69, 9.17) is 16.6 Å². The van der Waals surface area contributed by atoms with Gasteiger partial charge < -0.3 is 21.3 Å². The van der Waals surface area contributed by atoms with Gasteiger partial charge in [-0.2, -0.15) is 0 Å². The number of carbonyl (C=O) groups excluding carboxylic acids is 1. The zero-order chi connectivity index (χ0) is 10.3. The first-order valence-corrected chi connectivity index (χ1v) is 3.81. The number of rotatable bonds is 4. The fourth-order valence-electron chi connectivity index (χ4n) is 0.532. The summed E-state index contributed by atoms with van der Waals surface area (Å²) in [4.78, 5) is 10.9. The van der Waals surface area contributed by atoms with Gasteiger partial charge in [-0.15, -0.1) is 0 Å². The summed E-state index contributed by atoms with van der Waals surface area (Å²) in [6.45, 7) is 1.68. The number of nitrogens with two attached hydrogens (primary N) is 2. The molecule has 74 valence electrons. The Morgan fingerprint density at radius 2 is 2.08 bits per heavy atom. The molecule has 0 radical (unpaired) electrons. The monoisotopic (exact) mass is 186 g/mol. The van der Waals surface area contributed by atoms with E-state index in [9.17, 15) is 4.79 Å². The smallest absolute Gasteiger partial charge is 0.354 e. The Hall–Kier alpha value is -1.49. The van der Waals surface area contributed by atoms with Crippen LogP contribution in [0.1, 0.15) is 6.92 Å². The predicted molar refractivity (Wildman–Crippen MR) is 48.3 cm³/mol. The van der Waals surface area contributed by atoms with Crippen molar-refractivity contribution in [3.8, 4) is 0 Å². The summed E-state index contributed by atoms with van der Waals surface area (Å²) in [5, 5.41) is 8.51. The van der Waals surface area contributed by atoms with Crippen LogP contribution in [0, 0.1) is 0 Å². The molecular weight excluding hydrogens is 172 g/mol. The van der Waals surface area contributed by atoms with Crippen LogP contribution < -0.4 is 11.5 Å². The molecule has 0 heterocycles. The predicted octanol–water partition coefficient (Wildman–Crippen LogP) is -0.773. The van der Waals surface area contributed by atoms with E-state index < -0.39 is 5.97 Å². The number of aliphatic hydroxyl groups excluding tert-OH is 1. The van der Waals surface area contributed by atoms with Crippen molar-refractivity contribution in [2.75, 3.05) is 13.2 Å². The van der Waals surface area contributed by atoms with Crippen LogP contribution in [-0.4, -0.2) is 24.3 Å². The number of ether oxygens (including phenoxy) is 1. The Morgan fingerprint density at radius 3 is 2.54 bits per heavy atom. The van der Waals surface area contributed by atoms with Crippen molar-refractivity contribution in [3.05, 3.63) is 23.5 Å². The van der Waals surface area contributed by atoms with Gasteiger partial charge in [0.1, 0.15) is 5.70 Å². The normalized spacial score (nSPS) is 12.8. The highest BCUT2D eigenvalue weighted by Gasteiger charge is 2.03. The molecule has 0 aliphatic rings. The molecule has 0 aromatic rings. The number of allylic oxidation sites excluding steroid dienone is 2. The molecule has 0 saturated carbocycles. The van der Waals surface area contributed by atoms with Crippen molar-refractivity contribution in [1.82, 2.24) is 0 Å². The lowest BCUT2D eigenvalue weighted by Gasteiger charge is -1.99. The molecule has 0 unspecified atom stereocenters. The maximum atomic E-state index is 10.9. The Labute approximate surface area is 76.7 Å². The first-order valence-electron chi connectivity index (χ1n) is 3.81. The fourth-order valence-corrected chi connectivity index (χ4v) is 0.532. The van der Waals surface area contributed by atoms with Gasteiger partial charge in [0, 0.05) is 5.70 Å². The van der Waals surface area contributed by atoms with Crippen molar-refractivity contribution in [2.24, 2.45) is 11.5 Å². The van der Waals surface area contributed by atoms with E-state index in [0.717, 1.165) is 0 Å². The molecule has 0 rings (SSSR count). The van der Waals surface area contributed by atoms with E-state index in [-0.39, 0.29) is 24.6 Å². The van der Waals surface area contributed by atoms with Crippen molar-refractivity contribution < 1.29 is 14.6 Å². The van der Waals surface area contributed by atoms with Crippen LogP contribution >= 0.6 is 0 Å². The van der Waals surface area contributed by atoms with Crippen LogP contribution in [0.15, 0.2) is 23.5 Å². The topological polar surface area (TPSA) is 98.6 Å². The van der Waals surface area contributed by atoms with Crippen LogP contribution in [0.25, 0.3) is 0 Å². The fraction of sp³-hybridized carbons (Fsp3) is 0.375. The van der Waals surface area contributed by atoms with Crippen molar-refractivity contribution >= 4 is 5.97 Å². The maximum absolute atomic E-state index is 10.9. The summed E-state index contributed by atoms with van der Waals surface area (Å²) >= 11 is 0. The Morgan fingerprint density at radius 1 is 1.46 bits per heavy atom. The lowest BCUT2D eigenvalue weighted by molar-refractivity contribution is -0.138. The van der Waals surface area contributed by atoms with Crippen LogP contribution in [0.2, 0.25) is 0 Å². The molecule has 0 spiro atoms. The van der Waals surface area contributed by atoms with E-state index in [1.54, 1.807) is 6.92 Å². The highest BCUT2D eigenvalue weighted by atomic mass is 16.5. The summed E-state index contributed by atoms with van der Waals surface area (Å²) in [6, 6.07) is 0. The number of hydrogen-bond donors (Lipinski definition) is 3. The van der Waals surface area contributed by atoms with Gasteiger partial charge in [0.15, 0.2) is 0 Å².